The highest BCUT2D eigenvalue weighted by atomic mass is 16.7. The van der Waals surface area contributed by atoms with Crippen molar-refractivity contribution >= 4 is 5.91 Å². The number of primary amides is 1. The van der Waals surface area contributed by atoms with Crippen LogP contribution in [-0.4, -0.2) is 19.8 Å². The van der Waals surface area contributed by atoms with Gasteiger partial charge in [-0.1, -0.05) is 12.1 Å². The van der Waals surface area contributed by atoms with Crippen LogP contribution < -0.4 is 10.5 Å². The van der Waals surface area contributed by atoms with Gasteiger partial charge in [0.05, 0.1) is 0 Å². The average Bonchev–Trinajstić information content (AvgIpc) is 3.07. The number of ether oxygens (including phenoxy) is 2. The predicted octanol–water partition coefficient (Wildman–Crippen LogP) is 1.26. The third-order valence-electron chi connectivity index (χ3n) is 2.81. The number of carbonyl (C=O) groups excluding carboxylic acids is 1. The van der Waals surface area contributed by atoms with Gasteiger partial charge in [-0.3, -0.25) is 4.79 Å². The van der Waals surface area contributed by atoms with Gasteiger partial charge in [0.2, 0.25) is 5.91 Å². The van der Waals surface area contributed by atoms with E-state index in [-0.39, 0.29) is 18.6 Å². The fraction of sp³-hybridized carbons (Fsp3) is 0.417. The highest BCUT2D eigenvalue weighted by Crippen LogP contribution is 2.47. The molecule has 0 saturated heterocycles. The summed E-state index contributed by atoms with van der Waals surface area (Å²) >= 11 is 0. The van der Waals surface area contributed by atoms with E-state index in [4.69, 9.17) is 15.2 Å². The number of carbonyl (C=O) groups is 1. The Labute approximate surface area is 94.3 Å². The van der Waals surface area contributed by atoms with Gasteiger partial charge in [-0.25, -0.2) is 0 Å². The van der Waals surface area contributed by atoms with E-state index < -0.39 is 0 Å². The summed E-state index contributed by atoms with van der Waals surface area (Å²) in [5.41, 5.74) is 6.39. The van der Waals surface area contributed by atoms with Crippen LogP contribution in [0.15, 0.2) is 24.3 Å². The van der Waals surface area contributed by atoms with Crippen molar-refractivity contribution in [1.82, 2.24) is 0 Å². The Hall–Kier alpha value is -1.55. The van der Waals surface area contributed by atoms with Crippen LogP contribution in [0.4, 0.5) is 0 Å². The molecule has 1 aliphatic carbocycles. The molecule has 2 atom stereocenters. The van der Waals surface area contributed by atoms with Gasteiger partial charge in [-0.05, 0) is 30.0 Å². The molecule has 2 rings (SSSR count). The van der Waals surface area contributed by atoms with Crippen LogP contribution in [-0.2, 0) is 9.53 Å². The molecule has 16 heavy (non-hydrogen) atoms. The van der Waals surface area contributed by atoms with Crippen molar-refractivity contribution in [2.24, 2.45) is 11.7 Å². The molecule has 86 valence electrons. The fourth-order valence-corrected chi connectivity index (χ4v) is 1.82. The second kappa shape index (κ2) is 4.53. The van der Waals surface area contributed by atoms with Crippen LogP contribution in [0.1, 0.15) is 17.9 Å². The molecule has 4 heteroatoms. The van der Waals surface area contributed by atoms with Crippen LogP contribution in [0, 0.1) is 5.92 Å². The van der Waals surface area contributed by atoms with Crippen LogP contribution in [0.25, 0.3) is 0 Å². The van der Waals surface area contributed by atoms with Crippen LogP contribution >= 0.6 is 0 Å². The van der Waals surface area contributed by atoms with Crippen LogP contribution in [0.2, 0.25) is 0 Å². The first-order valence-electron chi connectivity index (χ1n) is 5.23. The first-order valence-corrected chi connectivity index (χ1v) is 5.23. The lowest BCUT2D eigenvalue weighted by Crippen LogP contribution is -2.13. The smallest absolute Gasteiger partial charge is 0.221 e. The number of amides is 1. The Bertz CT molecular complexity index is 374. The van der Waals surface area contributed by atoms with Crippen molar-refractivity contribution in [3.8, 4) is 5.75 Å². The maximum absolute atomic E-state index is 10.9. The van der Waals surface area contributed by atoms with Crippen molar-refractivity contribution < 1.29 is 14.3 Å². The van der Waals surface area contributed by atoms with Crippen molar-refractivity contribution in [1.29, 1.82) is 0 Å². The molecule has 4 nitrogen and oxygen atoms in total. The van der Waals surface area contributed by atoms with Gasteiger partial charge in [0.25, 0.3) is 0 Å². The van der Waals surface area contributed by atoms with E-state index in [1.807, 2.05) is 24.3 Å². The topological polar surface area (TPSA) is 61.6 Å². The van der Waals surface area contributed by atoms with Gasteiger partial charge in [0.15, 0.2) is 6.79 Å². The number of benzene rings is 1. The summed E-state index contributed by atoms with van der Waals surface area (Å²) in [7, 11) is 1.58. The molecule has 0 aliphatic heterocycles. The SMILES string of the molecule is COCOc1ccc(C2CC2C(N)=O)cc1. The molecule has 2 N–H and O–H groups in total. The molecule has 1 aromatic rings. The van der Waals surface area contributed by atoms with Gasteiger partial charge in [-0.15, -0.1) is 0 Å². The van der Waals surface area contributed by atoms with Gasteiger partial charge in [-0.2, -0.15) is 0 Å². The molecule has 2 unspecified atom stereocenters. The van der Waals surface area contributed by atoms with Crippen molar-refractivity contribution in [3.05, 3.63) is 29.8 Å². The summed E-state index contributed by atoms with van der Waals surface area (Å²) < 4.78 is 10.1. The lowest BCUT2D eigenvalue weighted by molar-refractivity contribution is -0.119. The Morgan fingerprint density at radius 2 is 2.12 bits per heavy atom. The number of hydrogen-bond acceptors (Lipinski definition) is 3. The summed E-state index contributed by atoms with van der Waals surface area (Å²) in [6.45, 7) is 0.243. The highest BCUT2D eigenvalue weighted by Gasteiger charge is 2.42. The van der Waals surface area contributed by atoms with E-state index in [1.54, 1.807) is 7.11 Å². The summed E-state index contributed by atoms with van der Waals surface area (Å²) in [6.07, 6.45) is 0.869. The number of hydrogen-bond donors (Lipinski definition) is 1. The van der Waals surface area contributed by atoms with E-state index >= 15 is 0 Å². The maximum atomic E-state index is 10.9. The Morgan fingerprint density at radius 1 is 1.44 bits per heavy atom. The van der Waals surface area contributed by atoms with Crippen molar-refractivity contribution in [2.75, 3.05) is 13.9 Å². The quantitative estimate of drug-likeness (QED) is 0.761. The normalized spacial score (nSPS) is 22.8. The second-order valence-corrected chi connectivity index (χ2v) is 3.97. The molecule has 1 saturated carbocycles. The Morgan fingerprint density at radius 3 is 2.62 bits per heavy atom. The number of nitrogens with two attached hydrogens (primary N) is 1. The zero-order valence-electron chi connectivity index (χ0n) is 9.18. The van der Waals surface area contributed by atoms with Gasteiger partial charge < -0.3 is 15.2 Å². The molecule has 1 amide bonds. The molecule has 1 aromatic carbocycles. The van der Waals surface area contributed by atoms with Crippen LogP contribution in [0.3, 0.4) is 0 Å². The minimum Gasteiger partial charge on any atom is -0.468 e. The number of rotatable bonds is 5. The van der Waals surface area contributed by atoms with Gasteiger partial charge >= 0.3 is 0 Å². The molecule has 0 heterocycles. The molecule has 0 bridgehead atoms. The molecule has 0 aromatic heterocycles. The zero-order chi connectivity index (χ0) is 11.5. The number of methoxy groups -OCH3 is 1. The highest BCUT2D eigenvalue weighted by molar-refractivity contribution is 5.81. The van der Waals surface area contributed by atoms with E-state index in [1.165, 1.54) is 0 Å². The predicted molar refractivity (Wildman–Crippen MR) is 59.0 cm³/mol. The first-order chi connectivity index (χ1) is 7.72. The second-order valence-electron chi connectivity index (χ2n) is 3.97. The van der Waals surface area contributed by atoms with Gasteiger partial charge in [0, 0.05) is 13.0 Å². The Balaban J connectivity index is 1.95. The molecule has 1 aliphatic rings. The summed E-state index contributed by atoms with van der Waals surface area (Å²) in [4.78, 5) is 10.9. The van der Waals surface area contributed by atoms with E-state index in [0.717, 1.165) is 17.7 Å². The third-order valence-corrected chi connectivity index (χ3v) is 2.81. The van der Waals surface area contributed by atoms with Crippen molar-refractivity contribution in [2.45, 2.75) is 12.3 Å². The molecular weight excluding hydrogens is 206 g/mol. The molecule has 1 fully saturated rings. The summed E-state index contributed by atoms with van der Waals surface area (Å²) in [6, 6.07) is 7.70. The monoisotopic (exact) mass is 221 g/mol. The average molecular weight is 221 g/mol. The third kappa shape index (κ3) is 2.33. The molecular formula is C12H15NO3. The zero-order valence-corrected chi connectivity index (χ0v) is 9.18. The molecule has 0 radical (unpaired) electrons. The van der Waals surface area contributed by atoms with Gasteiger partial charge in [0.1, 0.15) is 5.75 Å². The van der Waals surface area contributed by atoms with E-state index in [0.29, 0.717) is 5.92 Å². The summed E-state index contributed by atoms with van der Waals surface area (Å²) in [5, 5.41) is 0. The lowest BCUT2D eigenvalue weighted by atomic mass is 10.1. The standard InChI is InChI=1S/C12H15NO3/c1-15-7-16-9-4-2-8(3-5-9)10-6-11(10)12(13)14/h2-5,10-11H,6-7H2,1H3,(H2,13,14). The molecule has 0 spiro atoms. The minimum absolute atomic E-state index is 0.0192. The van der Waals surface area contributed by atoms with Crippen molar-refractivity contribution in [3.63, 3.8) is 0 Å². The minimum atomic E-state index is -0.204. The maximum Gasteiger partial charge on any atom is 0.221 e. The fourth-order valence-electron chi connectivity index (χ4n) is 1.82. The van der Waals surface area contributed by atoms with E-state index in [2.05, 4.69) is 0 Å². The van der Waals surface area contributed by atoms with Crippen LogP contribution in [0.5, 0.6) is 5.75 Å². The summed E-state index contributed by atoms with van der Waals surface area (Å²) in [5.74, 6) is 0.881. The lowest BCUT2D eigenvalue weighted by Gasteiger charge is -2.05. The van der Waals surface area contributed by atoms with E-state index in [9.17, 15) is 4.79 Å². The first kappa shape index (κ1) is 11.0. The Kier molecular flexibility index (Phi) is 3.10. The largest absolute Gasteiger partial charge is 0.468 e.